The maximum absolute atomic E-state index is 4.60. The van der Waals surface area contributed by atoms with Crippen LogP contribution in [0, 0.1) is 0 Å². The number of rotatable bonds is 1. The van der Waals surface area contributed by atoms with Gasteiger partial charge in [-0.2, -0.15) is 0 Å². The summed E-state index contributed by atoms with van der Waals surface area (Å²) in [6, 6.07) is 10.0. The van der Waals surface area contributed by atoms with Gasteiger partial charge in [-0.3, -0.25) is 0 Å². The Morgan fingerprint density at radius 1 is 0.889 bits per heavy atom. The molecule has 4 nitrogen and oxygen atoms in total. The van der Waals surface area contributed by atoms with Crippen molar-refractivity contribution in [2.75, 3.05) is 38.1 Å². The zero-order valence-electron chi connectivity index (χ0n) is 10.4. The van der Waals surface area contributed by atoms with Crippen molar-refractivity contribution in [1.82, 2.24) is 14.9 Å². The van der Waals surface area contributed by atoms with Gasteiger partial charge in [-0.1, -0.05) is 18.2 Å². The fourth-order valence-electron chi connectivity index (χ4n) is 2.11. The van der Waals surface area contributed by atoms with Crippen molar-refractivity contribution in [2.45, 2.75) is 0 Å². The molecule has 0 N–H and O–H groups in total. The smallest absolute Gasteiger partial charge is 0.226 e. The van der Waals surface area contributed by atoms with Crippen LogP contribution in [0.3, 0.4) is 0 Å². The fourth-order valence-corrected chi connectivity index (χ4v) is 2.11. The van der Waals surface area contributed by atoms with Gasteiger partial charge in [0.2, 0.25) is 5.95 Å². The minimum Gasteiger partial charge on any atom is -0.338 e. The zero-order chi connectivity index (χ0) is 11.7. The molecule has 1 saturated heterocycles. The number of imidazole rings is 1. The van der Waals surface area contributed by atoms with Crippen LogP contribution in [0.5, 0.6) is 0 Å². The molecule has 1 fully saturated rings. The van der Waals surface area contributed by atoms with Crippen molar-refractivity contribution >= 4 is 18.4 Å². The number of likely N-dealkylation sites (N-methyl/N-ethyl adjacent to an activating group) is 1. The highest BCUT2D eigenvalue weighted by Crippen LogP contribution is 2.22. The van der Waals surface area contributed by atoms with Crippen LogP contribution < -0.4 is 4.90 Å². The molecule has 0 amide bonds. The van der Waals surface area contributed by atoms with Gasteiger partial charge in [0.15, 0.2) is 0 Å². The first-order valence-electron chi connectivity index (χ1n) is 5.99. The van der Waals surface area contributed by atoms with E-state index in [0.717, 1.165) is 43.5 Å². The predicted molar refractivity (Wildman–Crippen MR) is 75.6 cm³/mol. The predicted octanol–water partition coefficient (Wildman–Crippen LogP) is 1.75. The largest absolute Gasteiger partial charge is 0.338 e. The summed E-state index contributed by atoms with van der Waals surface area (Å²) in [5.41, 5.74) is 1.95. The first-order chi connectivity index (χ1) is 8.33. The van der Waals surface area contributed by atoms with Crippen LogP contribution in [0.4, 0.5) is 5.95 Å². The molecule has 0 bridgehead atoms. The highest BCUT2D eigenvalue weighted by Gasteiger charge is 2.19. The normalized spacial score (nSPS) is 16.6. The molecular formula is C13H17ClN4. The Morgan fingerprint density at radius 2 is 1.44 bits per heavy atom. The topological polar surface area (TPSA) is 32.3 Å². The van der Waals surface area contributed by atoms with Crippen LogP contribution in [-0.4, -0.2) is 48.1 Å². The molecule has 3 rings (SSSR count). The summed E-state index contributed by atoms with van der Waals surface area (Å²) in [7, 11) is 2.15. The molecule has 3 aliphatic rings. The summed E-state index contributed by atoms with van der Waals surface area (Å²) >= 11 is 0. The first-order valence-corrected chi connectivity index (χ1v) is 5.99. The molecule has 0 aromatic heterocycles. The third kappa shape index (κ3) is 2.54. The summed E-state index contributed by atoms with van der Waals surface area (Å²) in [6.45, 7) is 4.19. The number of hydrogen-bond acceptors (Lipinski definition) is 4. The summed E-state index contributed by atoms with van der Waals surface area (Å²) < 4.78 is 0. The fraction of sp³-hybridized carbons (Fsp3) is 0.385. The molecule has 0 radical (unpaired) electrons. The van der Waals surface area contributed by atoms with E-state index in [-0.39, 0.29) is 12.4 Å². The molecule has 2 aliphatic heterocycles. The van der Waals surface area contributed by atoms with Crippen molar-refractivity contribution in [3.05, 3.63) is 30.3 Å². The summed E-state index contributed by atoms with van der Waals surface area (Å²) in [5.74, 6) is 0.874. The summed E-state index contributed by atoms with van der Waals surface area (Å²) in [6.07, 6.45) is 0. The average Bonchev–Trinajstić information content (AvgIpc) is 2.62. The van der Waals surface area contributed by atoms with E-state index in [1.807, 2.05) is 30.3 Å². The van der Waals surface area contributed by atoms with Gasteiger partial charge < -0.3 is 9.80 Å². The lowest BCUT2D eigenvalue weighted by molar-refractivity contribution is 0.311. The van der Waals surface area contributed by atoms with Gasteiger partial charge in [0, 0.05) is 26.2 Å². The Balaban J connectivity index is 0.00000120. The van der Waals surface area contributed by atoms with E-state index in [1.165, 1.54) is 0 Å². The van der Waals surface area contributed by atoms with Gasteiger partial charge in [-0.15, -0.1) is 12.4 Å². The van der Waals surface area contributed by atoms with Gasteiger partial charge in [-0.25, -0.2) is 9.97 Å². The minimum absolute atomic E-state index is 0. The van der Waals surface area contributed by atoms with Crippen LogP contribution in [0.1, 0.15) is 0 Å². The van der Waals surface area contributed by atoms with Gasteiger partial charge in [0.1, 0.15) is 0 Å². The van der Waals surface area contributed by atoms with Crippen LogP contribution >= 0.6 is 12.4 Å². The average molecular weight is 265 g/mol. The lowest BCUT2D eigenvalue weighted by atomic mass is 10.3. The molecule has 0 saturated carbocycles. The van der Waals surface area contributed by atoms with Crippen LogP contribution in [0.25, 0.3) is 11.4 Å². The molecule has 0 spiro atoms. The highest BCUT2D eigenvalue weighted by molar-refractivity contribution is 5.85. The zero-order valence-corrected chi connectivity index (χ0v) is 11.2. The van der Waals surface area contributed by atoms with Crippen molar-refractivity contribution < 1.29 is 0 Å². The second-order valence-corrected chi connectivity index (χ2v) is 4.50. The first kappa shape index (κ1) is 13.1. The molecular weight excluding hydrogens is 248 g/mol. The van der Waals surface area contributed by atoms with Crippen LogP contribution in [0.2, 0.25) is 0 Å². The minimum atomic E-state index is 0. The molecule has 0 aromatic rings. The molecule has 0 aromatic carbocycles. The second kappa shape index (κ2) is 5.50. The van der Waals surface area contributed by atoms with E-state index in [4.69, 9.17) is 0 Å². The van der Waals surface area contributed by atoms with Crippen molar-refractivity contribution in [3.8, 4) is 11.4 Å². The molecule has 5 heteroatoms. The van der Waals surface area contributed by atoms with Crippen LogP contribution in [-0.2, 0) is 0 Å². The maximum Gasteiger partial charge on any atom is 0.226 e. The van der Waals surface area contributed by atoms with Crippen molar-refractivity contribution in [3.63, 3.8) is 0 Å². The Hall–Kier alpha value is -1.39. The van der Waals surface area contributed by atoms with Crippen molar-refractivity contribution in [1.29, 1.82) is 0 Å². The number of anilines is 1. The number of nitrogens with zero attached hydrogens (tertiary/aromatic N) is 4. The van der Waals surface area contributed by atoms with Gasteiger partial charge in [-0.05, 0) is 19.2 Å². The lowest BCUT2D eigenvalue weighted by Gasteiger charge is -2.31. The summed E-state index contributed by atoms with van der Waals surface area (Å²) in [4.78, 5) is 13.8. The maximum atomic E-state index is 4.60. The number of piperazine rings is 1. The number of fused-ring (bicyclic) bond motifs is 1. The van der Waals surface area contributed by atoms with E-state index in [2.05, 4.69) is 26.8 Å². The number of halogens is 1. The third-order valence-corrected chi connectivity index (χ3v) is 3.22. The van der Waals surface area contributed by atoms with E-state index in [9.17, 15) is 0 Å². The molecule has 0 atom stereocenters. The summed E-state index contributed by atoms with van der Waals surface area (Å²) in [5, 5.41) is 0. The van der Waals surface area contributed by atoms with E-state index < -0.39 is 0 Å². The Kier molecular flexibility index (Phi) is 3.99. The van der Waals surface area contributed by atoms with Gasteiger partial charge in [0.05, 0.1) is 11.4 Å². The van der Waals surface area contributed by atoms with E-state index >= 15 is 0 Å². The standard InChI is InChI=1S/C13H16N4.ClH/c1-16-7-9-17(10-8-16)13-14-11-5-3-2-4-6-12(11)15-13;/h2-6H,7-10H2,1H3;1H. The van der Waals surface area contributed by atoms with Crippen LogP contribution in [0.15, 0.2) is 30.3 Å². The second-order valence-electron chi connectivity index (χ2n) is 4.50. The Labute approximate surface area is 113 Å². The van der Waals surface area contributed by atoms with Gasteiger partial charge >= 0.3 is 0 Å². The Bertz CT molecular complexity index is 452. The number of aromatic nitrogens is 2. The van der Waals surface area contributed by atoms with E-state index in [1.54, 1.807) is 0 Å². The highest BCUT2D eigenvalue weighted by atomic mass is 35.5. The molecule has 2 heterocycles. The molecule has 0 unspecified atom stereocenters. The monoisotopic (exact) mass is 264 g/mol. The van der Waals surface area contributed by atoms with Gasteiger partial charge in [0.25, 0.3) is 0 Å². The quantitative estimate of drug-likeness (QED) is 0.786. The van der Waals surface area contributed by atoms with E-state index in [0.29, 0.717) is 0 Å². The molecule has 18 heavy (non-hydrogen) atoms. The molecule has 1 aliphatic carbocycles. The molecule has 96 valence electrons. The lowest BCUT2D eigenvalue weighted by Crippen LogP contribution is -2.44. The third-order valence-electron chi connectivity index (χ3n) is 3.22. The Morgan fingerprint density at radius 3 is 2.00 bits per heavy atom. The SMILES string of the molecule is CN1CCN(c2nc3cccccc-3n2)CC1.Cl. The van der Waals surface area contributed by atoms with Crippen molar-refractivity contribution in [2.24, 2.45) is 0 Å². The number of hydrogen-bond donors (Lipinski definition) is 0.